The zero-order valence-corrected chi connectivity index (χ0v) is 13.9. The Balaban J connectivity index is 1.93. The lowest BCUT2D eigenvalue weighted by Gasteiger charge is -2.25. The second kappa shape index (κ2) is 5.66. The molecule has 0 aromatic heterocycles. The minimum atomic E-state index is -3.60. The van der Waals surface area contributed by atoms with Crippen LogP contribution >= 0.6 is 0 Å². The molecule has 0 spiro atoms. The van der Waals surface area contributed by atoms with E-state index in [2.05, 4.69) is 0 Å². The SMILES string of the molecule is CN(C)C(=O)C1CCCN1S(=O)(=O)c1ccc2c(c1)CCC2. The molecule has 120 valence electrons. The molecule has 1 aromatic carbocycles. The number of aryl methyl sites for hydroxylation is 2. The molecule has 0 saturated carbocycles. The number of nitrogens with zero attached hydrogens (tertiary/aromatic N) is 2. The molecule has 0 bridgehead atoms. The summed E-state index contributed by atoms with van der Waals surface area (Å²) in [5, 5.41) is 0. The van der Waals surface area contributed by atoms with Crippen LogP contribution in [0, 0.1) is 0 Å². The largest absolute Gasteiger partial charge is 0.347 e. The lowest BCUT2D eigenvalue weighted by molar-refractivity contribution is -0.132. The molecule has 1 fully saturated rings. The Morgan fingerprint density at radius 1 is 1.18 bits per heavy atom. The van der Waals surface area contributed by atoms with Crippen LogP contribution in [0.3, 0.4) is 0 Å². The fourth-order valence-corrected chi connectivity index (χ4v) is 5.12. The number of hydrogen-bond donors (Lipinski definition) is 0. The number of hydrogen-bond acceptors (Lipinski definition) is 3. The molecule has 1 unspecified atom stereocenters. The van der Waals surface area contributed by atoms with Gasteiger partial charge in [0.2, 0.25) is 15.9 Å². The number of benzene rings is 1. The van der Waals surface area contributed by atoms with Gasteiger partial charge < -0.3 is 4.90 Å². The zero-order chi connectivity index (χ0) is 15.9. The Morgan fingerprint density at radius 3 is 2.64 bits per heavy atom. The molecule has 1 aromatic rings. The number of fused-ring (bicyclic) bond motifs is 1. The van der Waals surface area contributed by atoms with Gasteiger partial charge in [-0.25, -0.2) is 8.42 Å². The summed E-state index contributed by atoms with van der Waals surface area (Å²) in [7, 11) is -0.267. The predicted octanol–water partition coefficient (Wildman–Crippen LogP) is 1.42. The minimum absolute atomic E-state index is 0.137. The van der Waals surface area contributed by atoms with Crippen molar-refractivity contribution >= 4 is 15.9 Å². The Morgan fingerprint density at radius 2 is 1.91 bits per heavy atom. The summed E-state index contributed by atoms with van der Waals surface area (Å²) in [6.07, 6.45) is 4.39. The maximum Gasteiger partial charge on any atom is 0.243 e. The van der Waals surface area contributed by atoms with Gasteiger partial charge in [0, 0.05) is 20.6 Å². The van der Waals surface area contributed by atoms with Gasteiger partial charge in [-0.2, -0.15) is 4.31 Å². The van der Waals surface area contributed by atoms with E-state index in [1.165, 1.54) is 14.8 Å². The molecule has 1 saturated heterocycles. The summed E-state index contributed by atoms with van der Waals surface area (Å²) < 4.78 is 27.2. The zero-order valence-electron chi connectivity index (χ0n) is 13.1. The van der Waals surface area contributed by atoms with Crippen LogP contribution in [0.2, 0.25) is 0 Å². The van der Waals surface area contributed by atoms with Gasteiger partial charge in [-0.3, -0.25) is 4.79 Å². The molecule has 0 radical (unpaired) electrons. The van der Waals surface area contributed by atoms with Gasteiger partial charge in [0.15, 0.2) is 0 Å². The van der Waals surface area contributed by atoms with Crippen LogP contribution in [0.4, 0.5) is 0 Å². The molecular weight excluding hydrogens is 300 g/mol. The molecule has 6 heteroatoms. The van der Waals surface area contributed by atoms with Crippen molar-refractivity contribution in [2.45, 2.75) is 43.0 Å². The van der Waals surface area contributed by atoms with E-state index in [0.717, 1.165) is 31.2 Å². The Kier molecular flexibility index (Phi) is 3.99. The average molecular weight is 322 g/mol. The van der Waals surface area contributed by atoms with Gasteiger partial charge in [-0.05, 0) is 55.4 Å². The van der Waals surface area contributed by atoms with Crippen molar-refractivity contribution in [3.8, 4) is 0 Å². The van der Waals surface area contributed by atoms with Crippen molar-refractivity contribution in [1.29, 1.82) is 0 Å². The third-order valence-electron chi connectivity index (χ3n) is 4.61. The standard InChI is InChI=1S/C16H22N2O3S/c1-17(2)16(19)15-7-4-10-18(15)22(20,21)14-9-8-12-5-3-6-13(12)11-14/h8-9,11,15H,3-7,10H2,1-2H3. The second-order valence-electron chi connectivity index (χ2n) is 6.29. The Hall–Kier alpha value is -1.40. The molecule has 22 heavy (non-hydrogen) atoms. The predicted molar refractivity (Wildman–Crippen MR) is 84.1 cm³/mol. The van der Waals surface area contributed by atoms with E-state index in [1.54, 1.807) is 26.2 Å². The van der Waals surface area contributed by atoms with Crippen LogP contribution in [0.15, 0.2) is 23.1 Å². The highest BCUT2D eigenvalue weighted by molar-refractivity contribution is 7.89. The number of sulfonamides is 1. The molecule has 2 aliphatic rings. The normalized spacial score (nSPS) is 21.8. The molecular formula is C16H22N2O3S. The van der Waals surface area contributed by atoms with Gasteiger partial charge in [-0.15, -0.1) is 0 Å². The fraction of sp³-hybridized carbons (Fsp3) is 0.562. The van der Waals surface area contributed by atoms with Gasteiger partial charge in [0.1, 0.15) is 6.04 Å². The number of carbonyl (C=O) groups is 1. The molecule has 1 amide bonds. The van der Waals surface area contributed by atoms with Crippen molar-refractivity contribution in [3.63, 3.8) is 0 Å². The lowest BCUT2D eigenvalue weighted by Crippen LogP contribution is -2.45. The van der Waals surface area contributed by atoms with E-state index >= 15 is 0 Å². The Labute approximate surface area is 132 Å². The van der Waals surface area contributed by atoms with E-state index in [4.69, 9.17) is 0 Å². The van der Waals surface area contributed by atoms with Crippen molar-refractivity contribution in [2.24, 2.45) is 0 Å². The van der Waals surface area contributed by atoms with Crippen LogP contribution in [0.1, 0.15) is 30.4 Å². The summed E-state index contributed by atoms with van der Waals surface area (Å²) in [5.74, 6) is -0.137. The number of rotatable bonds is 3. The highest BCUT2D eigenvalue weighted by atomic mass is 32.2. The van der Waals surface area contributed by atoms with Crippen molar-refractivity contribution < 1.29 is 13.2 Å². The van der Waals surface area contributed by atoms with Gasteiger partial charge >= 0.3 is 0 Å². The first kappa shape index (κ1) is 15.5. The maximum absolute atomic E-state index is 12.9. The summed E-state index contributed by atoms with van der Waals surface area (Å²) in [4.78, 5) is 14.0. The molecule has 1 aliphatic carbocycles. The van der Waals surface area contributed by atoms with E-state index < -0.39 is 16.1 Å². The highest BCUT2D eigenvalue weighted by Gasteiger charge is 2.40. The summed E-state index contributed by atoms with van der Waals surface area (Å²) in [6.45, 7) is 0.420. The molecule has 1 atom stereocenters. The number of carbonyl (C=O) groups excluding carboxylic acids is 1. The van der Waals surface area contributed by atoms with Gasteiger partial charge in [0.25, 0.3) is 0 Å². The van der Waals surface area contributed by atoms with Crippen LogP contribution < -0.4 is 0 Å². The quantitative estimate of drug-likeness (QED) is 0.845. The van der Waals surface area contributed by atoms with Gasteiger partial charge in [0.05, 0.1) is 4.90 Å². The third-order valence-corrected chi connectivity index (χ3v) is 6.51. The summed E-state index contributed by atoms with van der Waals surface area (Å²) in [6, 6.07) is 4.85. The van der Waals surface area contributed by atoms with Crippen LogP contribution in [-0.2, 0) is 27.7 Å². The summed E-state index contributed by atoms with van der Waals surface area (Å²) in [5.41, 5.74) is 2.39. The van der Waals surface area contributed by atoms with E-state index in [1.807, 2.05) is 6.07 Å². The molecule has 1 heterocycles. The monoisotopic (exact) mass is 322 g/mol. The number of likely N-dealkylation sites (N-methyl/N-ethyl adjacent to an activating group) is 1. The van der Waals surface area contributed by atoms with Gasteiger partial charge in [-0.1, -0.05) is 6.07 Å². The first-order valence-corrected chi connectivity index (χ1v) is 9.20. The van der Waals surface area contributed by atoms with Crippen LogP contribution in [0.5, 0.6) is 0 Å². The first-order chi connectivity index (χ1) is 10.4. The highest BCUT2D eigenvalue weighted by Crippen LogP contribution is 2.30. The smallest absolute Gasteiger partial charge is 0.243 e. The second-order valence-corrected chi connectivity index (χ2v) is 8.18. The van der Waals surface area contributed by atoms with Crippen molar-refractivity contribution in [3.05, 3.63) is 29.3 Å². The fourth-order valence-electron chi connectivity index (χ4n) is 3.42. The third kappa shape index (κ3) is 2.54. The molecule has 5 nitrogen and oxygen atoms in total. The summed E-state index contributed by atoms with van der Waals surface area (Å²) >= 11 is 0. The maximum atomic E-state index is 12.9. The molecule has 3 rings (SSSR count). The van der Waals surface area contributed by atoms with E-state index in [0.29, 0.717) is 17.9 Å². The topological polar surface area (TPSA) is 57.7 Å². The lowest BCUT2D eigenvalue weighted by atomic mass is 10.1. The molecule has 0 N–H and O–H groups in total. The average Bonchev–Trinajstić information content (AvgIpc) is 3.14. The van der Waals surface area contributed by atoms with E-state index in [9.17, 15) is 13.2 Å². The number of amides is 1. The van der Waals surface area contributed by atoms with Crippen molar-refractivity contribution in [1.82, 2.24) is 9.21 Å². The minimum Gasteiger partial charge on any atom is -0.347 e. The van der Waals surface area contributed by atoms with Crippen LogP contribution in [-0.4, -0.2) is 50.2 Å². The molecule has 1 aliphatic heterocycles. The Bertz CT molecular complexity index is 697. The van der Waals surface area contributed by atoms with Crippen LogP contribution in [0.25, 0.3) is 0 Å². The van der Waals surface area contributed by atoms with Crippen molar-refractivity contribution in [2.75, 3.05) is 20.6 Å². The first-order valence-electron chi connectivity index (χ1n) is 7.76. The van der Waals surface area contributed by atoms with E-state index in [-0.39, 0.29) is 5.91 Å².